The van der Waals surface area contributed by atoms with Crippen LogP contribution in [0.25, 0.3) is 22.3 Å². The molecule has 1 N–H and O–H groups in total. The van der Waals surface area contributed by atoms with Crippen molar-refractivity contribution in [2.24, 2.45) is 5.92 Å². The summed E-state index contributed by atoms with van der Waals surface area (Å²) < 4.78 is 21.1. The van der Waals surface area contributed by atoms with Crippen LogP contribution in [0.3, 0.4) is 0 Å². The van der Waals surface area contributed by atoms with Crippen molar-refractivity contribution in [3.63, 3.8) is 0 Å². The fraction of sp³-hybridized carbons (Fsp3) is 0.233. The highest BCUT2D eigenvalue weighted by atomic mass is 19.1. The molecule has 2 fully saturated rings. The zero-order chi connectivity index (χ0) is 24.2. The Balaban J connectivity index is 1.25. The average Bonchev–Trinajstić information content (AvgIpc) is 3.54. The molecule has 35 heavy (non-hydrogen) atoms. The summed E-state index contributed by atoms with van der Waals surface area (Å²) in [5, 5.41) is 19.7. The molecule has 2 aliphatic rings. The highest BCUT2D eigenvalue weighted by Gasteiger charge is 2.46. The van der Waals surface area contributed by atoms with E-state index in [1.807, 2.05) is 36.4 Å². The number of nitriles is 1. The molecule has 0 unspecified atom stereocenters. The summed E-state index contributed by atoms with van der Waals surface area (Å²) in [6.07, 6.45) is 2.08. The van der Waals surface area contributed by atoms with Crippen molar-refractivity contribution >= 4 is 11.0 Å². The molecule has 0 radical (unpaired) electrons. The highest BCUT2D eigenvalue weighted by molar-refractivity contribution is 5.84. The van der Waals surface area contributed by atoms with Crippen LogP contribution in [0.5, 0.6) is 0 Å². The molecule has 174 valence electrons. The van der Waals surface area contributed by atoms with E-state index >= 15 is 4.39 Å². The first-order valence-electron chi connectivity index (χ1n) is 11.9. The standard InChI is InChI=1S/C30H25FN2O2/c1-19(34)23-17-33(18-23)16-21-5-7-26(27(31)12-21)29-14-22-13-25(6-8-28(22)35-29)30(9-10-30)24-4-2-3-20(11-24)15-32/h2-8,11-14,23,34H,1,9-10,16-18H2. The normalized spacial score (nSPS) is 17.1. The Bertz CT molecular complexity index is 1500. The Hall–Kier alpha value is -3.88. The number of aliphatic hydroxyl groups excluding tert-OH is 1. The minimum atomic E-state index is -0.308. The van der Waals surface area contributed by atoms with Gasteiger partial charge in [0.05, 0.1) is 23.0 Å². The van der Waals surface area contributed by atoms with Crippen molar-refractivity contribution in [1.29, 1.82) is 5.26 Å². The monoisotopic (exact) mass is 464 g/mol. The van der Waals surface area contributed by atoms with Gasteiger partial charge in [-0.05, 0) is 72.0 Å². The fourth-order valence-corrected chi connectivity index (χ4v) is 5.25. The van der Waals surface area contributed by atoms with E-state index in [9.17, 15) is 10.4 Å². The molecule has 1 saturated carbocycles. The Morgan fingerprint density at radius 1 is 1.09 bits per heavy atom. The lowest BCUT2D eigenvalue weighted by Gasteiger charge is -2.38. The van der Waals surface area contributed by atoms with Crippen LogP contribution in [0, 0.1) is 23.1 Å². The quantitative estimate of drug-likeness (QED) is 0.323. The van der Waals surface area contributed by atoms with Gasteiger partial charge in [0.2, 0.25) is 0 Å². The number of nitrogens with zero attached hydrogens (tertiary/aromatic N) is 2. The Labute approximate surface area is 203 Å². The van der Waals surface area contributed by atoms with E-state index in [1.54, 1.807) is 12.1 Å². The van der Waals surface area contributed by atoms with Crippen molar-refractivity contribution in [2.45, 2.75) is 24.8 Å². The predicted molar refractivity (Wildman–Crippen MR) is 133 cm³/mol. The number of aliphatic hydroxyl groups is 1. The third-order valence-corrected chi connectivity index (χ3v) is 7.50. The van der Waals surface area contributed by atoms with Gasteiger partial charge in [-0.3, -0.25) is 4.90 Å². The molecule has 4 nitrogen and oxygen atoms in total. The molecule has 0 amide bonds. The summed E-state index contributed by atoms with van der Waals surface area (Å²) in [6, 6.07) is 23.5. The van der Waals surface area contributed by atoms with E-state index in [1.165, 1.54) is 5.56 Å². The number of furan rings is 1. The van der Waals surface area contributed by atoms with Crippen molar-refractivity contribution in [2.75, 3.05) is 13.1 Å². The Morgan fingerprint density at radius 2 is 1.89 bits per heavy atom. The van der Waals surface area contributed by atoms with Gasteiger partial charge in [0.15, 0.2) is 0 Å². The van der Waals surface area contributed by atoms with Gasteiger partial charge >= 0.3 is 0 Å². The van der Waals surface area contributed by atoms with Gasteiger partial charge in [0.25, 0.3) is 0 Å². The molecule has 5 heteroatoms. The van der Waals surface area contributed by atoms with Crippen LogP contribution in [0.15, 0.2) is 83.5 Å². The Kier molecular flexibility index (Phi) is 5.01. The first-order valence-corrected chi connectivity index (χ1v) is 11.9. The van der Waals surface area contributed by atoms with E-state index < -0.39 is 0 Å². The maximum absolute atomic E-state index is 15.1. The molecule has 6 rings (SSSR count). The van der Waals surface area contributed by atoms with E-state index in [2.05, 4.69) is 35.7 Å². The van der Waals surface area contributed by atoms with E-state index in [0.717, 1.165) is 48.0 Å². The number of hydrogen-bond acceptors (Lipinski definition) is 4. The second kappa shape index (κ2) is 8.11. The van der Waals surface area contributed by atoms with Crippen LogP contribution in [0.4, 0.5) is 4.39 Å². The second-order valence-corrected chi connectivity index (χ2v) is 9.83. The lowest BCUT2D eigenvalue weighted by atomic mass is 9.87. The molecule has 0 spiro atoms. The van der Waals surface area contributed by atoms with Crippen LogP contribution in [-0.4, -0.2) is 23.1 Å². The summed E-state index contributed by atoms with van der Waals surface area (Å²) in [5.41, 5.74) is 5.03. The summed E-state index contributed by atoms with van der Waals surface area (Å²) in [5.74, 6) is 0.541. The van der Waals surface area contributed by atoms with Crippen LogP contribution >= 0.6 is 0 Å². The van der Waals surface area contributed by atoms with Crippen molar-refractivity contribution in [3.05, 3.63) is 107 Å². The number of halogens is 1. The SMILES string of the molecule is C=C(O)C1CN(Cc2ccc(-c3cc4cc(C5(c6cccc(C#N)c6)CC5)ccc4o3)c(F)c2)C1. The molecule has 1 aliphatic carbocycles. The van der Waals surface area contributed by atoms with Crippen molar-refractivity contribution in [1.82, 2.24) is 4.90 Å². The lowest BCUT2D eigenvalue weighted by Crippen LogP contribution is -2.46. The molecule has 1 aromatic heterocycles. The molecular weight excluding hydrogens is 439 g/mol. The van der Waals surface area contributed by atoms with Gasteiger partial charge in [-0.2, -0.15) is 5.26 Å². The molecule has 0 atom stereocenters. The molecule has 0 bridgehead atoms. The molecule has 1 aliphatic heterocycles. The molecule has 3 aromatic carbocycles. The highest BCUT2D eigenvalue weighted by Crippen LogP contribution is 2.54. The first kappa shape index (κ1) is 21.6. The third kappa shape index (κ3) is 3.80. The minimum absolute atomic E-state index is 0.0658. The molecular formula is C30H25FN2O2. The Morgan fingerprint density at radius 3 is 2.60 bits per heavy atom. The van der Waals surface area contributed by atoms with Crippen LogP contribution < -0.4 is 0 Å². The van der Waals surface area contributed by atoms with Gasteiger partial charge in [-0.1, -0.05) is 30.8 Å². The maximum atomic E-state index is 15.1. The number of fused-ring (bicyclic) bond motifs is 1. The van der Waals surface area contributed by atoms with Crippen molar-refractivity contribution < 1.29 is 13.9 Å². The van der Waals surface area contributed by atoms with E-state index in [-0.39, 0.29) is 22.9 Å². The van der Waals surface area contributed by atoms with Gasteiger partial charge < -0.3 is 9.52 Å². The van der Waals surface area contributed by atoms with Crippen LogP contribution in [0.1, 0.15) is 35.1 Å². The van der Waals surface area contributed by atoms with Gasteiger partial charge in [0, 0.05) is 36.4 Å². The van der Waals surface area contributed by atoms with Gasteiger partial charge in [-0.15, -0.1) is 0 Å². The maximum Gasteiger partial charge on any atom is 0.138 e. The van der Waals surface area contributed by atoms with E-state index in [4.69, 9.17) is 4.42 Å². The fourth-order valence-electron chi connectivity index (χ4n) is 5.25. The van der Waals surface area contributed by atoms with E-state index in [0.29, 0.717) is 23.4 Å². The van der Waals surface area contributed by atoms with Crippen LogP contribution in [-0.2, 0) is 12.0 Å². The topological polar surface area (TPSA) is 60.4 Å². The minimum Gasteiger partial charge on any atom is -0.513 e. The first-order chi connectivity index (χ1) is 16.9. The number of rotatable bonds is 6. The smallest absolute Gasteiger partial charge is 0.138 e. The van der Waals surface area contributed by atoms with Gasteiger partial charge in [-0.25, -0.2) is 4.39 Å². The van der Waals surface area contributed by atoms with Crippen molar-refractivity contribution in [3.8, 4) is 17.4 Å². The molecule has 4 aromatic rings. The molecule has 2 heterocycles. The lowest BCUT2D eigenvalue weighted by molar-refractivity contribution is 0.0862. The third-order valence-electron chi connectivity index (χ3n) is 7.50. The van der Waals surface area contributed by atoms with Gasteiger partial charge in [0.1, 0.15) is 17.2 Å². The zero-order valence-corrected chi connectivity index (χ0v) is 19.3. The number of benzene rings is 3. The molecule has 1 saturated heterocycles. The summed E-state index contributed by atoms with van der Waals surface area (Å²) in [7, 11) is 0. The number of likely N-dealkylation sites (tertiary alicyclic amines) is 1. The average molecular weight is 465 g/mol. The summed E-state index contributed by atoms with van der Waals surface area (Å²) >= 11 is 0. The second-order valence-electron chi connectivity index (χ2n) is 9.83. The summed E-state index contributed by atoms with van der Waals surface area (Å²) in [4.78, 5) is 2.16. The number of hydrogen-bond donors (Lipinski definition) is 1. The largest absolute Gasteiger partial charge is 0.513 e. The summed E-state index contributed by atoms with van der Waals surface area (Å²) in [6.45, 7) is 5.71. The predicted octanol–water partition coefficient (Wildman–Crippen LogP) is 6.69. The zero-order valence-electron chi connectivity index (χ0n) is 19.3. The van der Waals surface area contributed by atoms with Crippen LogP contribution in [0.2, 0.25) is 0 Å².